The van der Waals surface area contributed by atoms with Gasteiger partial charge in [-0.2, -0.15) is 0 Å². The monoisotopic (exact) mass is 264 g/mol. The highest BCUT2D eigenvalue weighted by Crippen LogP contribution is 2.04. The van der Waals surface area contributed by atoms with Crippen molar-refractivity contribution in [1.82, 2.24) is 0 Å². The molecule has 0 saturated heterocycles. The fourth-order valence-electron chi connectivity index (χ4n) is 0.575. The third kappa shape index (κ3) is 4.51. The fraction of sp³-hybridized carbons (Fsp3) is 0. The molecule has 0 aliphatic rings. The van der Waals surface area contributed by atoms with Gasteiger partial charge in [-0.3, -0.25) is 0 Å². The van der Waals surface area contributed by atoms with Crippen LogP contribution in [0.25, 0.3) is 0 Å². The summed E-state index contributed by atoms with van der Waals surface area (Å²) < 4.78 is 21.4. The molecule has 0 aliphatic carbocycles. The minimum Gasteiger partial charge on any atom is -0.522 e. The van der Waals surface area contributed by atoms with Crippen molar-refractivity contribution in [1.29, 1.82) is 0 Å². The molecule has 9 heteroatoms. The average Bonchev–Trinajstić information content (AvgIpc) is 2.06. The van der Waals surface area contributed by atoms with Crippen LogP contribution in [0, 0.1) is 0 Å². The molecule has 0 heterocycles. The Kier molecular flexibility index (Phi) is 7.06. The van der Waals surface area contributed by atoms with Crippen molar-refractivity contribution >= 4 is 71.2 Å². The first-order valence-electron chi connectivity index (χ1n) is 3.39. The first-order valence-corrected chi connectivity index (χ1v) is 10.2. The van der Waals surface area contributed by atoms with Crippen LogP contribution in [0.5, 0.6) is 0 Å². The summed E-state index contributed by atoms with van der Waals surface area (Å²) in [7, 11) is -4.55. The van der Waals surface area contributed by atoms with Crippen molar-refractivity contribution in [2.24, 2.45) is 0 Å². The molecule has 4 nitrogen and oxygen atoms in total. The topological polar surface area (TPSA) is 36.9 Å². The molecule has 0 rings (SSSR count). The van der Waals surface area contributed by atoms with Crippen LogP contribution in [-0.2, 0) is 16.5 Å². The molecule has 0 atom stereocenters. The van der Waals surface area contributed by atoms with Gasteiger partial charge < -0.3 is 16.5 Å². The van der Waals surface area contributed by atoms with Crippen molar-refractivity contribution in [2.75, 3.05) is 0 Å². The molecule has 13 heavy (non-hydrogen) atoms. The normalized spacial score (nSPS) is 9.23. The van der Waals surface area contributed by atoms with Crippen LogP contribution in [0.4, 0.5) is 0 Å². The van der Waals surface area contributed by atoms with Crippen LogP contribution in [-0.4, -0.2) is 71.2 Å². The highest BCUT2D eigenvalue weighted by molar-refractivity contribution is 6.72. The van der Waals surface area contributed by atoms with E-state index in [-0.39, 0.29) is 0 Å². The lowest BCUT2D eigenvalue weighted by Crippen LogP contribution is -2.49. The Morgan fingerprint density at radius 1 is 0.615 bits per heavy atom. The molecule has 0 aromatic rings. The van der Waals surface area contributed by atoms with Crippen molar-refractivity contribution in [3.63, 3.8) is 0 Å². The molecule has 0 aromatic carbocycles. The molecule has 0 bridgehead atoms. The molecular weight excluding hydrogens is 252 g/mol. The predicted molar refractivity (Wildman–Crippen MR) is 67.2 cm³/mol. The molecule has 0 aliphatic heterocycles. The van der Waals surface area contributed by atoms with Gasteiger partial charge in [-0.15, -0.1) is 0 Å². The van der Waals surface area contributed by atoms with Crippen LogP contribution in [0.2, 0.25) is 0 Å². The maximum atomic E-state index is 5.34. The van der Waals surface area contributed by atoms with Crippen molar-refractivity contribution < 1.29 is 16.5 Å². The van der Waals surface area contributed by atoms with Crippen molar-refractivity contribution in [3.05, 3.63) is 0 Å². The summed E-state index contributed by atoms with van der Waals surface area (Å²) in [6, 6.07) is 0. The van der Waals surface area contributed by atoms with E-state index in [2.05, 4.69) is 24.7 Å². The number of rotatable bonds is 8. The molecule has 0 unspecified atom stereocenters. The van der Waals surface area contributed by atoms with Gasteiger partial charge in [-0.1, -0.05) is 24.7 Å². The van der Waals surface area contributed by atoms with Crippen molar-refractivity contribution in [3.8, 4) is 0 Å². The number of hydrogen-bond donors (Lipinski definition) is 0. The third-order valence-electron chi connectivity index (χ3n) is 0.911. The van der Waals surface area contributed by atoms with Crippen molar-refractivity contribution in [2.45, 2.75) is 0 Å². The maximum absolute atomic E-state index is 5.34. The van der Waals surface area contributed by atoms with Gasteiger partial charge in [0.1, 0.15) is 0 Å². The second-order valence-corrected chi connectivity index (χ2v) is 7.74. The summed E-state index contributed by atoms with van der Waals surface area (Å²) in [6.45, 7) is 0. The largest absolute Gasteiger partial charge is 0.907 e. The first-order chi connectivity index (χ1) is 6.24. The van der Waals surface area contributed by atoms with E-state index in [0.29, 0.717) is 0 Å². The standard InChI is InChI=1S/C4H12O4Si5/c1-9-5-13(6-10-2,7-11-3)8-12-4/h9-12H,1-4H2. The lowest BCUT2D eigenvalue weighted by molar-refractivity contribution is 0.186. The van der Waals surface area contributed by atoms with E-state index in [1.54, 1.807) is 0 Å². The Balaban J connectivity index is 4.53. The fourth-order valence-corrected chi connectivity index (χ4v) is 8.17. The lowest BCUT2D eigenvalue weighted by atomic mass is 12.0. The quantitative estimate of drug-likeness (QED) is 0.429. The zero-order chi connectivity index (χ0) is 10.2. The van der Waals surface area contributed by atoms with Gasteiger partial charge in [0.25, 0.3) is 0 Å². The summed E-state index contributed by atoms with van der Waals surface area (Å²) in [6.07, 6.45) is 14.6. The zero-order valence-corrected chi connectivity index (χ0v) is 12.9. The summed E-state index contributed by atoms with van der Waals surface area (Å²) in [5.74, 6) is 0. The molecule has 0 saturated carbocycles. The summed E-state index contributed by atoms with van der Waals surface area (Å²) in [5, 5.41) is 0. The van der Waals surface area contributed by atoms with Gasteiger partial charge in [0.05, 0.1) is 0 Å². The van der Waals surface area contributed by atoms with E-state index >= 15 is 0 Å². The molecule has 72 valence electrons. The van der Waals surface area contributed by atoms with E-state index in [0.717, 1.165) is 0 Å². The molecule has 0 fully saturated rings. The first kappa shape index (κ1) is 12.8. The Morgan fingerprint density at radius 2 is 0.846 bits per heavy atom. The highest BCUT2D eigenvalue weighted by Gasteiger charge is 2.49. The highest BCUT2D eigenvalue weighted by atomic mass is 28.5. The Hall–Kier alpha value is -0.236. The van der Waals surface area contributed by atoms with Crippen LogP contribution in [0.1, 0.15) is 0 Å². The van der Waals surface area contributed by atoms with Gasteiger partial charge in [0.2, 0.25) is 37.5 Å². The van der Waals surface area contributed by atoms with Gasteiger partial charge in [0, 0.05) is 0 Å². The van der Waals surface area contributed by atoms with E-state index in [1.807, 2.05) is 0 Å². The lowest BCUT2D eigenvalue weighted by Gasteiger charge is -2.24. The SMILES string of the molecule is C=[SiH]O[Si](O[SiH]=C)(O[SiH]=C)O[SiH]=C. The second kappa shape index (κ2) is 7.20. The van der Waals surface area contributed by atoms with Gasteiger partial charge in [-0.25, -0.2) is 0 Å². The summed E-state index contributed by atoms with van der Waals surface area (Å²) in [4.78, 5) is 0. The third-order valence-corrected chi connectivity index (χ3v) is 8.20. The minimum atomic E-state index is -2.90. The minimum absolute atomic E-state index is 0.413. The summed E-state index contributed by atoms with van der Waals surface area (Å²) >= 11 is 0. The average molecular weight is 265 g/mol. The Bertz CT molecular complexity index is 161. The Morgan fingerprint density at radius 3 is 1.00 bits per heavy atom. The molecule has 0 radical (unpaired) electrons. The molecular formula is C4H12O4Si5. The molecule has 0 aromatic heterocycles. The molecule has 0 spiro atoms. The van der Waals surface area contributed by atoms with E-state index in [4.69, 9.17) is 16.5 Å². The van der Waals surface area contributed by atoms with Gasteiger partial charge in [0.15, 0.2) is 0 Å². The Labute approximate surface area is 87.9 Å². The van der Waals surface area contributed by atoms with E-state index in [1.165, 1.54) is 0 Å². The smallest absolute Gasteiger partial charge is 0.522 e. The maximum Gasteiger partial charge on any atom is 0.907 e. The van der Waals surface area contributed by atoms with Crippen LogP contribution >= 0.6 is 0 Å². The van der Waals surface area contributed by atoms with Crippen LogP contribution < -0.4 is 0 Å². The second-order valence-electron chi connectivity index (χ2n) is 1.64. The molecule has 0 amide bonds. The van der Waals surface area contributed by atoms with E-state index < -0.39 is 46.5 Å². The zero-order valence-electron chi connectivity index (χ0n) is 7.27. The van der Waals surface area contributed by atoms with Gasteiger partial charge in [-0.05, 0) is 0 Å². The number of hydrogen-bond acceptors (Lipinski definition) is 4. The van der Waals surface area contributed by atoms with Crippen LogP contribution in [0.3, 0.4) is 0 Å². The summed E-state index contributed by atoms with van der Waals surface area (Å²) in [5.41, 5.74) is 0. The molecule has 0 N–H and O–H groups in total. The van der Waals surface area contributed by atoms with Crippen LogP contribution in [0.15, 0.2) is 0 Å². The predicted octanol–water partition coefficient (Wildman–Crippen LogP) is -3.38. The van der Waals surface area contributed by atoms with Gasteiger partial charge >= 0.3 is 9.05 Å². The van der Waals surface area contributed by atoms with E-state index in [9.17, 15) is 0 Å².